The Balaban J connectivity index is 2.12. The summed E-state index contributed by atoms with van der Waals surface area (Å²) in [6.07, 6.45) is 0. The summed E-state index contributed by atoms with van der Waals surface area (Å²) in [5.74, 6) is -1.01. The number of amides is 1. The van der Waals surface area contributed by atoms with Crippen LogP contribution >= 0.6 is 0 Å². The summed E-state index contributed by atoms with van der Waals surface area (Å²) in [6.45, 7) is 2.02. The number of carbonyl (C=O) groups is 2. The van der Waals surface area contributed by atoms with Gasteiger partial charge in [-0.25, -0.2) is 0 Å². The molecule has 1 N–H and O–H groups in total. The summed E-state index contributed by atoms with van der Waals surface area (Å²) in [7, 11) is 0. The summed E-state index contributed by atoms with van der Waals surface area (Å²) in [5.41, 5.74) is 4.21. The predicted molar refractivity (Wildman–Crippen MR) is 69.6 cm³/mol. The van der Waals surface area contributed by atoms with Crippen molar-refractivity contribution in [3.63, 3.8) is 0 Å². The molecule has 18 heavy (non-hydrogen) atoms. The van der Waals surface area contributed by atoms with Crippen molar-refractivity contribution >= 4 is 17.4 Å². The summed E-state index contributed by atoms with van der Waals surface area (Å²) in [5, 5.41) is 2.55. The van der Waals surface area contributed by atoms with Crippen molar-refractivity contribution in [3.05, 3.63) is 53.6 Å². The average molecular weight is 237 g/mol. The minimum Gasteiger partial charge on any atom is -0.318 e. The van der Waals surface area contributed by atoms with Gasteiger partial charge in [-0.15, -0.1) is 0 Å². The second-order valence-electron chi connectivity index (χ2n) is 4.41. The molecule has 0 unspecified atom stereocenters. The minimum absolute atomic E-state index is 0.457. The van der Waals surface area contributed by atoms with E-state index in [1.54, 1.807) is 12.1 Å². The number of aryl methyl sites for hydroxylation is 1. The maximum absolute atomic E-state index is 11.6. The first-order valence-electron chi connectivity index (χ1n) is 5.72. The average Bonchev–Trinajstić information content (AvgIpc) is 2.65. The quantitative estimate of drug-likeness (QED) is 0.775. The molecule has 2 aromatic rings. The fourth-order valence-electron chi connectivity index (χ4n) is 2.15. The number of benzene rings is 2. The molecule has 0 aliphatic carbocycles. The Morgan fingerprint density at radius 3 is 2.50 bits per heavy atom. The van der Waals surface area contributed by atoms with Crippen LogP contribution in [0.5, 0.6) is 0 Å². The lowest BCUT2D eigenvalue weighted by Crippen LogP contribution is -2.12. The fraction of sp³-hybridized carbons (Fsp3) is 0.0667. The van der Waals surface area contributed by atoms with E-state index >= 15 is 0 Å². The molecule has 0 aromatic heterocycles. The number of hydrogen-bond acceptors (Lipinski definition) is 2. The van der Waals surface area contributed by atoms with Gasteiger partial charge in [-0.05, 0) is 30.2 Å². The van der Waals surface area contributed by atoms with Crippen molar-refractivity contribution in [1.29, 1.82) is 0 Å². The standard InChI is InChI=1S/C15H11NO2/c1-9-3-2-4-10(7-9)11-5-6-13-12(8-11)14(17)15(18)16-13/h2-8H,1H3,(H,16,17,18). The molecule has 3 nitrogen and oxygen atoms in total. The molecule has 1 heterocycles. The van der Waals surface area contributed by atoms with E-state index in [1.807, 2.05) is 31.2 Å². The number of fused-ring (bicyclic) bond motifs is 1. The third-order valence-electron chi connectivity index (χ3n) is 3.07. The zero-order valence-corrected chi connectivity index (χ0v) is 9.86. The topological polar surface area (TPSA) is 46.2 Å². The van der Waals surface area contributed by atoms with Crippen LogP contribution in [0.3, 0.4) is 0 Å². The zero-order chi connectivity index (χ0) is 12.7. The van der Waals surface area contributed by atoms with Crippen molar-refractivity contribution in [1.82, 2.24) is 0 Å². The van der Waals surface area contributed by atoms with E-state index in [0.29, 0.717) is 11.3 Å². The highest BCUT2D eigenvalue weighted by molar-refractivity contribution is 6.51. The van der Waals surface area contributed by atoms with Gasteiger partial charge < -0.3 is 5.32 Å². The number of ketones is 1. The zero-order valence-electron chi connectivity index (χ0n) is 9.86. The van der Waals surface area contributed by atoms with Crippen molar-refractivity contribution in [2.24, 2.45) is 0 Å². The van der Waals surface area contributed by atoms with Gasteiger partial charge in [-0.3, -0.25) is 9.59 Å². The maximum atomic E-state index is 11.6. The Labute approximate surface area is 104 Å². The van der Waals surface area contributed by atoms with Gasteiger partial charge in [0.2, 0.25) is 0 Å². The van der Waals surface area contributed by atoms with Gasteiger partial charge in [-0.2, -0.15) is 0 Å². The smallest absolute Gasteiger partial charge is 0.296 e. The molecule has 0 saturated heterocycles. The van der Waals surface area contributed by atoms with E-state index in [1.165, 1.54) is 0 Å². The van der Waals surface area contributed by atoms with Crippen LogP contribution in [0.4, 0.5) is 5.69 Å². The lowest BCUT2D eigenvalue weighted by Gasteiger charge is -2.04. The summed E-state index contributed by atoms with van der Waals surface area (Å²) >= 11 is 0. The van der Waals surface area contributed by atoms with Crippen LogP contribution in [-0.2, 0) is 4.79 Å². The Morgan fingerprint density at radius 2 is 1.72 bits per heavy atom. The van der Waals surface area contributed by atoms with Gasteiger partial charge in [0.1, 0.15) is 0 Å². The van der Waals surface area contributed by atoms with Gasteiger partial charge in [0.05, 0.1) is 11.3 Å². The monoisotopic (exact) mass is 237 g/mol. The molecule has 0 bridgehead atoms. The highest BCUT2D eigenvalue weighted by Crippen LogP contribution is 2.29. The van der Waals surface area contributed by atoms with E-state index in [9.17, 15) is 9.59 Å². The van der Waals surface area contributed by atoms with Crippen LogP contribution in [0.25, 0.3) is 11.1 Å². The molecule has 0 atom stereocenters. The summed E-state index contributed by atoms with van der Waals surface area (Å²) in [6, 6.07) is 13.5. The van der Waals surface area contributed by atoms with Crippen LogP contribution in [0.1, 0.15) is 15.9 Å². The van der Waals surface area contributed by atoms with Crippen LogP contribution in [0.2, 0.25) is 0 Å². The van der Waals surface area contributed by atoms with Crippen LogP contribution in [-0.4, -0.2) is 11.7 Å². The second-order valence-corrected chi connectivity index (χ2v) is 4.41. The van der Waals surface area contributed by atoms with Crippen molar-refractivity contribution in [2.75, 3.05) is 5.32 Å². The van der Waals surface area contributed by atoms with Gasteiger partial charge >= 0.3 is 0 Å². The Bertz CT molecular complexity index is 674. The largest absolute Gasteiger partial charge is 0.318 e. The SMILES string of the molecule is Cc1cccc(-c2ccc3c(c2)C(=O)C(=O)N3)c1. The lowest BCUT2D eigenvalue weighted by atomic mass is 10.00. The van der Waals surface area contributed by atoms with Gasteiger partial charge in [0.25, 0.3) is 11.7 Å². The molecule has 2 aromatic carbocycles. The van der Waals surface area contributed by atoms with Crippen molar-refractivity contribution in [2.45, 2.75) is 6.92 Å². The first-order chi connectivity index (χ1) is 8.65. The van der Waals surface area contributed by atoms with Crippen molar-refractivity contribution in [3.8, 4) is 11.1 Å². The normalized spacial score (nSPS) is 13.4. The number of nitrogens with one attached hydrogen (secondary N) is 1. The second kappa shape index (κ2) is 3.81. The van der Waals surface area contributed by atoms with Crippen LogP contribution in [0, 0.1) is 6.92 Å². The number of hydrogen-bond donors (Lipinski definition) is 1. The Kier molecular flexibility index (Phi) is 2.27. The molecule has 0 spiro atoms. The number of rotatable bonds is 1. The number of anilines is 1. The third-order valence-corrected chi connectivity index (χ3v) is 3.07. The third kappa shape index (κ3) is 1.61. The van der Waals surface area contributed by atoms with E-state index < -0.39 is 11.7 Å². The highest BCUT2D eigenvalue weighted by Gasteiger charge is 2.27. The molecule has 1 amide bonds. The van der Waals surface area contributed by atoms with Crippen LogP contribution < -0.4 is 5.32 Å². The molecule has 0 radical (unpaired) electrons. The molecule has 3 heteroatoms. The predicted octanol–water partition coefficient (Wildman–Crippen LogP) is 2.80. The first kappa shape index (κ1) is 10.7. The fourth-order valence-corrected chi connectivity index (χ4v) is 2.15. The molecule has 0 saturated carbocycles. The number of carbonyl (C=O) groups excluding carboxylic acids is 2. The van der Waals surface area contributed by atoms with Gasteiger partial charge in [-0.1, -0.05) is 35.9 Å². The number of Topliss-reactive ketones (excluding diaryl/α,β-unsaturated/α-hetero) is 1. The first-order valence-corrected chi connectivity index (χ1v) is 5.72. The van der Waals surface area contributed by atoms with Crippen LogP contribution in [0.15, 0.2) is 42.5 Å². The van der Waals surface area contributed by atoms with E-state index in [-0.39, 0.29) is 0 Å². The van der Waals surface area contributed by atoms with Crippen molar-refractivity contribution < 1.29 is 9.59 Å². The van der Waals surface area contributed by atoms with E-state index in [0.717, 1.165) is 16.7 Å². The minimum atomic E-state index is -0.550. The summed E-state index contributed by atoms with van der Waals surface area (Å²) < 4.78 is 0. The molecule has 1 aliphatic rings. The molecular weight excluding hydrogens is 226 g/mol. The Morgan fingerprint density at radius 1 is 0.944 bits per heavy atom. The molecular formula is C15H11NO2. The van der Waals surface area contributed by atoms with E-state index in [2.05, 4.69) is 11.4 Å². The van der Waals surface area contributed by atoms with Gasteiger partial charge in [0, 0.05) is 0 Å². The van der Waals surface area contributed by atoms with E-state index in [4.69, 9.17) is 0 Å². The lowest BCUT2D eigenvalue weighted by molar-refractivity contribution is -0.112. The summed E-state index contributed by atoms with van der Waals surface area (Å²) in [4.78, 5) is 22.9. The van der Waals surface area contributed by atoms with Gasteiger partial charge in [0.15, 0.2) is 0 Å². The maximum Gasteiger partial charge on any atom is 0.296 e. The Hall–Kier alpha value is -2.42. The molecule has 0 fully saturated rings. The molecule has 1 aliphatic heterocycles. The highest BCUT2D eigenvalue weighted by atomic mass is 16.2. The molecule has 3 rings (SSSR count). The molecule has 88 valence electrons.